The number of hydrogen-bond donors (Lipinski definition) is 1. The summed E-state index contributed by atoms with van der Waals surface area (Å²) in [7, 11) is 0. The molecular formula is C19H24ClNO2. The van der Waals surface area contributed by atoms with Crippen LogP contribution in [-0.4, -0.2) is 19.2 Å². The summed E-state index contributed by atoms with van der Waals surface area (Å²) in [6, 6.07) is 17.7. The molecule has 1 aliphatic heterocycles. The monoisotopic (exact) mass is 333 g/mol. The fourth-order valence-corrected chi connectivity index (χ4v) is 2.92. The van der Waals surface area contributed by atoms with Crippen LogP contribution in [0.2, 0.25) is 0 Å². The summed E-state index contributed by atoms with van der Waals surface area (Å²) in [6.45, 7) is 4.32. The SMILES string of the molecule is CCC(Oc1ccccc1Oc1ccccc1)C1CCNC1.Cl. The fraction of sp³-hybridized carbons (Fsp3) is 0.368. The Labute approximate surface area is 144 Å². The zero-order valence-electron chi connectivity index (χ0n) is 13.4. The van der Waals surface area contributed by atoms with Gasteiger partial charge in [0.15, 0.2) is 11.5 Å². The number of hydrogen-bond acceptors (Lipinski definition) is 3. The quantitative estimate of drug-likeness (QED) is 0.833. The van der Waals surface area contributed by atoms with Crippen LogP contribution in [0.25, 0.3) is 0 Å². The lowest BCUT2D eigenvalue weighted by Gasteiger charge is -2.24. The highest BCUT2D eigenvalue weighted by Gasteiger charge is 2.25. The third-order valence-electron chi connectivity index (χ3n) is 4.13. The Kier molecular flexibility index (Phi) is 6.75. The molecule has 1 heterocycles. The smallest absolute Gasteiger partial charge is 0.169 e. The van der Waals surface area contributed by atoms with Crippen molar-refractivity contribution in [3.05, 3.63) is 54.6 Å². The van der Waals surface area contributed by atoms with E-state index in [2.05, 4.69) is 12.2 Å². The third-order valence-corrected chi connectivity index (χ3v) is 4.13. The molecule has 0 saturated carbocycles. The van der Waals surface area contributed by atoms with Gasteiger partial charge in [0.25, 0.3) is 0 Å². The second-order valence-electron chi connectivity index (χ2n) is 5.68. The van der Waals surface area contributed by atoms with E-state index < -0.39 is 0 Å². The minimum Gasteiger partial charge on any atom is -0.486 e. The van der Waals surface area contributed by atoms with E-state index in [4.69, 9.17) is 9.47 Å². The van der Waals surface area contributed by atoms with E-state index in [1.165, 1.54) is 6.42 Å². The minimum absolute atomic E-state index is 0. The maximum absolute atomic E-state index is 6.29. The van der Waals surface area contributed by atoms with Gasteiger partial charge >= 0.3 is 0 Å². The van der Waals surface area contributed by atoms with E-state index in [1.807, 2.05) is 54.6 Å². The van der Waals surface area contributed by atoms with Gasteiger partial charge in [-0.2, -0.15) is 0 Å². The zero-order valence-corrected chi connectivity index (χ0v) is 14.2. The normalized spacial score (nSPS) is 18.0. The average molecular weight is 334 g/mol. The summed E-state index contributed by atoms with van der Waals surface area (Å²) in [5.74, 6) is 3.01. The van der Waals surface area contributed by atoms with Crippen LogP contribution in [0.5, 0.6) is 17.2 Å². The van der Waals surface area contributed by atoms with Crippen LogP contribution >= 0.6 is 12.4 Å². The molecule has 1 aliphatic rings. The Morgan fingerprint density at radius 3 is 2.39 bits per heavy atom. The van der Waals surface area contributed by atoms with E-state index in [1.54, 1.807) is 0 Å². The van der Waals surface area contributed by atoms with Crippen LogP contribution in [-0.2, 0) is 0 Å². The van der Waals surface area contributed by atoms with Gasteiger partial charge in [-0.3, -0.25) is 0 Å². The molecule has 3 nitrogen and oxygen atoms in total. The molecule has 0 spiro atoms. The van der Waals surface area contributed by atoms with E-state index in [0.717, 1.165) is 36.8 Å². The summed E-state index contributed by atoms with van der Waals surface area (Å²) in [5, 5.41) is 3.42. The van der Waals surface area contributed by atoms with Gasteiger partial charge < -0.3 is 14.8 Å². The summed E-state index contributed by atoms with van der Waals surface area (Å²) in [6.07, 6.45) is 2.42. The molecule has 2 aromatic rings. The summed E-state index contributed by atoms with van der Waals surface area (Å²) in [5.41, 5.74) is 0. The Hall–Kier alpha value is -1.71. The van der Waals surface area contributed by atoms with Crippen LogP contribution in [0.4, 0.5) is 0 Å². The molecule has 124 valence electrons. The van der Waals surface area contributed by atoms with Crippen molar-refractivity contribution in [3.8, 4) is 17.2 Å². The molecule has 0 aliphatic carbocycles. The van der Waals surface area contributed by atoms with Crippen molar-refractivity contribution in [3.63, 3.8) is 0 Å². The Morgan fingerprint density at radius 2 is 1.74 bits per heavy atom. The summed E-state index contributed by atoms with van der Waals surface area (Å²) < 4.78 is 12.3. The summed E-state index contributed by atoms with van der Waals surface area (Å²) >= 11 is 0. The first kappa shape index (κ1) is 17.6. The second kappa shape index (κ2) is 8.80. The van der Waals surface area contributed by atoms with Crippen LogP contribution in [0.15, 0.2) is 54.6 Å². The molecule has 23 heavy (non-hydrogen) atoms. The molecule has 1 fully saturated rings. The van der Waals surface area contributed by atoms with Gasteiger partial charge in [0.1, 0.15) is 11.9 Å². The Morgan fingerprint density at radius 1 is 1.04 bits per heavy atom. The molecule has 0 aromatic heterocycles. The van der Waals surface area contributed by atoms with Crippen molar-refractivity contribution >= 4 is 12.4 Å². The van der Waals surface area contributed by atoms with Gasteiger partial charge in [-0.1, -0.05) is 37.3 Å². The first-order chi connectivity index (χ1) is 10.9. The second-order valence-corrected chi connectivity index (χ2v) is 5.68. The number of halogens is 1. The van der Waals surface area contributed by atoms with Gasteiger partial charge in [0.05, 0.1) is 0 Å². The van der Waals surface area contributed by atoms with Crippen molar-refractivity contribution < 1.29 is 9.47 Å². The number of nitrogens with one attached hydrogen (secondary N) is 1. The lowest BCUT2D eigenvalue weighted by molar-refractivity contribution is 0.135. The molecule has 0 amide bonds. The highest BCUT2D eigenvalue weighted by Crippen LogP contribution is 2.33. The molecule has 0 bridgehead atoms. The topological polar surface area (TPSA) is 30.5 Å². The molecular weight excluding hydrogens is 310 g/mol. The zero-order chi connectivity index (χ0) is 15.2. The molecule has 3 rings (SSSR count). The van der Waals surface area contributed by atoms with Gasteiger partial charge in [0, 0.05) is 12.5 Å². The maximum atomic E-state index is 6.29. The highest BCUT2D eigenvalue weighted by molar-refractivity contribution is 5.85. The summed E-state index contributed by atoms with van der Waals surface area (Å²) in [4.78, 5) is 0. The van der Waals surface area contributed by atoms with Gasteiger partial charge in [0.2, 0.25) is 0 Å². The van der Waals surface area contributed by atoms with Crippen LogP contribution in [0, 0.1) is 5.92 Å². The number of para-hydroxylation sites is 3. The Balaban J connectivity index is 0.00000192. The van der Waals surface area contributed by atoms with E-state index in [-0.39, 0.29) is 18.5 Å². The number of benzene rings is 2. The largest absolute Gasteiger partial charge is 0.486 e. The molecule has 1 N–H and O–H groups in total. The molecule has 0 radical (unpaired) electrons. The van der Waals surface area contributed by atoms with E-state index in [9.17, 15) is 0 Å². The standard InChI is InChI=1S/C19H23NO2.ClH/c1-2-17(15-12-13-20-14-15)22-19-11-7-6-10-18(19)21-16-8-4-3-5-9-16;/h3-11,15,17,20H,2,12-14H2,1H3;1H. The molecule has 2 aromatic carbocycles. The molecule has 1 saturated heterocycles. The van der Waals surface area contributed by atoms with Gasteiger partial charge in [-0.05, 0) is 43.7 Å². The number of ether oxygens (including phenoxy) is 2. The maximum Gasteiger partial charge on any atom is 0.169 e. The predicted octanol–water partition coefficient (Wildman–Crippen LogP) is 4.67. The lowest BCUT2D eigenvalue weighted by atomic mass is 9.99. The molecule has 2 atom stereocenters. The van der Waals surface area contributed by atoms with Crippen molar-refractivity contribution in [2.75, 3.05) is 13.1 Å². The minimum atomic E-state index is 0. The molecule has 2 unspecified atom stereocenters. The van der Waals surface area contributed by atoms with Crippen molar-refractivity contribution in [1.29, 1.82) is 0 Å². The van der Waals surface area contributed by atoms with Crippen molar-refractivity contribution in [1.82, 2.24) is 5.32 Å². The van der Waals surface area contributed by atoms with Gasteiger partial charge in [-0.15, -0.1) is 12.4 Å². The average Bonchev–Trinajstić information content (AvgIpc) is 3.09. The number of rotatable bonds is 6. The van der Waals surface area contributed by atoms with E-state index >= 15 is 0 Å². The Bertz CT molecular complexity index is 585. The van der Waals surface area contributed by atoms with Crippen LogP contribution in [0.1, 0.15) is 19.8 Å². The fourth-order valence-electron chi connectivity index (χ4n) is 2.92. The van der Waals surface area contributed by atoms with Crippen LogP contribution < -0.4 is 14.8 Å². The molecule has 4 heteroatoms. The highest BCUT2D eigenvalue weighted by atomic mass is 35.5. The van der Waals surface area contributed by atoms with Crippen molar-refractivity contribution in [2.45, 2.75) is 25.9 Å². The van der Waals surface area contributed by atoms with Gasteiger partial charge in [-0.25, -0.2) is 0 Å². The third kappa shape index (κ3) is 4.63. The van der Waals surface area contributed by atoms with Crippen LogP contribution in [0.3, 0.4) is 0 Å². The predicted molar refractivity (Wildman–Crippen MR) is 95.9 cm³/mol. The lowest BCUT2D eigenvalue weighted by Crippen LogP contribution is -2.28. The first-order valence-corrected chi connectivity index (χ1v) is 8.06. The van der Waals surface area contributed by atoms with E-state index in [0.29, 0.717) is 5.92 Å². The van der Waals surface area contributed by atoms with Crippen molar-refractivity contribution in [2.24, 2.45) is 5.92 Å². The first-order valence-electron chi connectivity index (χ1n) is 8.06.